The number of halogens is 1. The fourth-order valence-corrected chi connectivity index (χ4v) is 3.89. The first-order chi connectivity index (χ1) is 9.72. The lowest BCUT2D eigenvalue weighted by Gasteiger charge is -2.35. The number of nitrogens with one attached hydrogen (secondary N) is 1. The van der Waals surface area contributed by atoms with Crippen LogP contribution in [0.15, 0.2) is 18.2 Å². The highest BCUT2D eigenvalue weighted by atomic mass is 19.1. The van der Waals surface area contributed by atoms with Crippen molar-refractivity contribution in [2.24, 2.45) is 5.41 Å². The molecule has 2 aliphatic rings. The first kappa shape index (κ1) is 13.9. The molecule has 0 radical (unpaired) electrons. The van der Waals surface area contributed by atoms with Crippen molar-refractivity contribution in [1.29, 1.82) is 0 Å². The Morgan fingerprint density at radius 3 is 2.85 bits per heavy atom. The molecular formula is C17H25FN2. The zero-order chi connectivity index (χ0) is 14.0. The average Bonchev–Trinajstić information content (AvgIpc) is 3.06. The van der Waals surface area contributed by atoms with Gasteiger partial charge in [-0.3, -0.25) is 0 Å². The Balaban J connectivity index is 1.76. The summed E-state index contributed by atoms with van der Waals surface area (Å²) < 4.78 is 13.5. The van der Waals surface area contributed by atoms with Gasteiger partial charge in [0.05, 0.1) is 0 Å². The number of anilines is 1. The van der Waals surface area contributed by atoms with Crippen LogP contribution in [0.1, 0.15) is 38.2 Å². The smallest absolute Gasteiger partial charge is 0.125 e. The summed E-state index contributed by atoms with van der Waals surface area (Å²) >= 11 is 0. The summed E-state index contributed by atoms with van der Waals surface area (Å²) in [4.78, 5) is 2.42. The van der Waals surface area contributed by atoms with Gasteiger partial charge in [-0.05, 0) is 43.5 Å². The fourth-order valence-electron chi connectivity index (χ4n) is 3.89. The van der Waals surface area contributed by atoms with Gasteiger partial charge in [0, 0.05) is 30.7 Å². The van der Waals surface area contributed by atoms with E-state index in [9.17, 15) is 4.39 Å². The van der Waals surface area contributed by atoms with Crippen molar-refractivity contribution >= 4 is 5.69 Å². The molecule has 110 valence electrons. The molecule has 1 aliphatic heterocycles. The van der Waals surface area contributed by atoms with Gasteiger partial charge in [0.25, 0.3) is 0 Å². The highest BCUT2D eigenvalue weighted by Crippen LogP contribution is 2.41. The third-order valence-electron chi connectivity index (χ3n) is 4.98. The van der Waals surface area contributed by atoms with E-state index < -0.39 is 0 Å². The molecule has 0 aromatic heterocycles. The van der Waals surface area contributed by atoms with Crippen LogP contribution in [0.2, 0.25) is 0 Å². The van der Waals surface area contributed by atoms with Crippen LogP contribution in [-0.2, 0) is 6.42 Å². The van der Waals surface area contributed by atoms with Crippen LogP contribution in [0.5, 0.6) is 0 Å². The normalized spacial score (nSPS) is 20.4. The van der Waals surface area contributed by atoms with Gasteiger partial charge in [-0.1, -0.05) is 25.8 Å². The molecule has 0 spiro atoms. The number of rotatable bonds is 5. The number of hydrogen-bond acceptors (Lipinski definition) is 2. The van der Waals surface area contributed by atoms with Gasteiger partial charge < -0.3 is 10.2 Å². The Morgan fingerprint density at radius 1 is 1.30 bits per heavy atom. The standard InChI is InChI=1S/C17H25FN2/c1-2-19-12-17(8-3-4-9-17)13-20-10-7-14-5-6-15(18)11-16(14)20/h5-6,11,19H,2-4,7-10,12-13H2,1H3. The average molecular weight is 276 g/mol. The summed E-state index contributed by atoms with van der Waals surface area (Å²) in [6.45, 7) is 6.43. The van der Waals surface area contributed by atoms with Crippen LogP contribution in [0.4, 0.5) is 10.1 Å². The summed E-state index contributed by atoms with van der Waals surface area (Å²) in [5.74, 6) is -0.109. The summed E-state index contributed by atoms with van der Waals surface area (Å²) in [5, 5.41) is 3.54. The molecule has 1 aromatic carbocycles. The third-order valence-corrected chi connectivity index (χ3v) is 4.98. The van der Waals surface area contributed by atoms with E-state index in [0.717, 1.165) is 38.3 Å². The second kappa shape index (κ2) is 5.72. The lowest BCUT2D eigenvalue weighted by Crippen LogP contribution is -2.42. The SMILES string of the molecule is CCNCC1(CN2CCc3ccc(F)cc32)CCCC1. The minimum Gasteiger partial charge on any atom is -0.370 e. The van der Waals surface area contributed by atoms with E-state index in [-0.39, 0.29) is 5.82 Å². The molecule has 1 aliphatic carbocycles. The largest absolute Gasteiger partial charge is 0.370 e. The molecule has 20 heavy (non-hydrogen) atoms. The molecule has 1 fully saturated rings. The maximum absolute atomic E-state index is 13.5. The monoisotopic (exact) mass is 276 g/mol. The molecule has 0 amide bonds. The van der Waals surface area contributed by atoms with Gasteiger partial charge in [0.15, 0.2) is 0 Å². The maximum Gasteiger partial charge on any atom is 0.125 e. The molecule has 0 saturated heterocycles. The van der Waals surface area contributed by atoms with Crippen molar-refractivity contribution in [3.8, 4) is 0 Å². The molecule has 1 N–H and O–H groups in total. The molecule has 0 bridgehead atoms. The van der Waals surface area contributed by atoms with Crippen molar-refractivity contribution < 1.29 is 4.39 Å². The van der Waals surface area contributed by atoms with Gasteiger partial charge in [0.2, 0.25) is 0 Å². The van der Waals surface area contributed by atoms with Gasteiger partial charge >= 0.3 is 0 Å². The van der Waals surface area contributed by atoms with E-state index in [1.54, 1.807) is 12.1 Å². The summed E-state index contributed by atoms with van der Waals surface area (Å²) in [7, 11) is 0. The molecular weight excluding hydrogens is 251 g/mol. The van der Waals surface area contributed by atoms with Crippen molar-refractivity contribution in [3.05, 3.63) is 29.6 Å². The van der Waals surface area contributed by atoms with E-state index in [2.05, 4.69) is 17.1 Å². The van der Waals surface area contributed by atoms with Crippen LogP contribution in [-0.4, -0.2) is 26.2 Å². The Morgan fingerprint density at radius 2 is 2.10 bits per heavy atom. The van der Waals surface area contributed by atoms with E-state index >= 15 is 0 Å². The second-order valence-electron chi connectivity index (χ2n) is 6.43. The number of hydrogen-bond donors (Lipinski definition) is 1. The lowest BCUT2D eigenvalue weighted by atomic mass is 9.85. The molecule has 3 rings (SSSR count). The fraction of sp³-hybridized carbons (Fsp3) is 0.647. The minimum absolute atomic E-state index is 0.109. The van der Waals surface area contributed by atoms with Crippen molar-refractivity contribution in [3.63, 3.8) is 0 Å². The summed E-state index contributed by atoms with van der Waals surface area (Å²) in [5.41, 5.74) is 2.83. The Hall–Kier alpha value is -1.09. The highest BCUT2D eigenvalue weighted by molar-refractivity contribution is 5.58. The molecule has 3 heteroatoms. The van der Waals surface area contributed by atoms with E-state index in [0.29, 0.717) is 5.41 Å². The third kappa shape index (κ3) is 2.69. The Kier molecular flexibility index (Phi) is 3.97. The van der Waals surface area contributed by atoms with Crippen molar-refractivity contribution in [2.75, 3.05) is 31.1 Å². The molecule has 1 saturated carbocycles. The topological polar surface area (TPSA) is 15.3 Å². The van der Waals surface area contributed by atoms with E-state index in [4.69, 9.17) is 0 Å². The first-order valence-corrected chi connectivity index (χ1v) is 7.97. The number of nitrogens with zero attached hydrogens (tertiary/aromatic N) is 1. The Bertz CT molecular complexity index is 466. The molecule has 2 nitrogen and oxygen atoms in total. The molecule has 0 atom stereocenters. The zero-order valence-electron chi connectivity index (χ0n) is 12.4. The lowest BCUT2D eigenvalue weighted by molar-refractivity contribution is 0.287. The van der Waals surface area contributed by atoms with Crippen LogP contribution >= 0.6 is 0 Å². The molecule has 1 heterocycles. The zero-order valence-corrected chi connectivity index (χ0v) is 12.4. The predicted molar refractivity (Wildman–Crippen MR) is 81.8 cm³/mol. The van der Waals surface area contributed by atoms with Crippen LogP contribution in [0.3, 0.4) is 0 Å². The van der Waals surface area contributed by atoms with E-state index in [1.165, 1.54) is 31.2 Å². The molecule has 0 unspecified atom stereocenters. The first-order valence-electron chi connectivity index (χ1n) is 7.97. The van der Waals surface area contributed by atoms with Gasteiger partial charge in [-0.2, -0.15) is 0 Å². The number of benzene rings is 1. The predicted octanol–water partition coefficient (Wildman–Crippen LogP) is 3.36. The van der Waals surface area contributed by atoms with Gasteiger partial charge in [-0.15, -0.1) is 0 Å². The summed E-state index contributed by atoms with van der Waals surface area (Å²) in [6.07, 6.45) is 6.36. The number of fused-ring (bicyclic) bond motifs is 1. The van der Waals surface area contributed by atoms with Crippen LogP contribution in [0.25, 0.3) is 0 Å². The Labute approximate surface area is 121 Å². The minimum atomic E-state index is -0.109. The second-order valence-corrected chi connectivity index (χ2v) is 6.43. The quantitative estimate of drug-likeness (QED) is 0.887. The van der Waals surface area contributed by atoms with Crippen molar-refractivity contribution in [1.82, 2.24) is 5.32 Å². The highest BCUT2D eigenvalue weighted by Gasteiger charge is 2.36. The maximum atomic E-state index is 13.5. The van der Waals surface area contributed by atoms with Crippen LogP contribution in [0, 0.1) is 11.2 Å². The van der Waals surface area contributed by atoms with Gasteiger partial charge in [0.1, 0.15) is 5.82 Å². The molecule has 1 aromatic rings. The van der Waals surface area contributed by atoms with E-state index in [1.807, 2.05) is 6.07 Å². The van der Waals surface area contributed by atoms with Crippen molar-refractivity contribution in [2.45, 2.75) is 39.0 Å². The van der Waals surface area contributed by atoms with Gasteiger partial charge in [-0.25, -0.2) is 4.39 Å². The van der Waals surface area contributed by atoms with Crippen LogP contribution < -0.4 is 10.2 Å². The summed E-state index contributed by atoms with van der Waals surface area (Å²) in [6, 6.07) is 5.26.